The monoisotopic (exact) mass is 529 g/mol. The number of imidazole rings is 1. The van der Waals surface area contributed by atoms with Gasteiger partial charge in [-0.15, -0.1) is 0 Å². The zero-order chi connectivity index (χ0) is 27.4. The van der Waals surface area contributed by atoms with Crippen LogP contribution in [0.1, 0.15) is 26.7 Å². The highest BCUT2D eigenvalue weighted by molar-refractivity contribution is 5.96. The second kappa shape index (κ2) is 11.4. The van der Waals surface area contributed by atoms with Gasteiger partial charge in [0.2, 0.25) is 0 Å². The lowest BCUT2D eigenvalue weighted by molar-refractivity contribution is 0.375. The molecule has 2 aromatic carbocycles. The summed E-state index contributed by atoms with van der Waals surface area (Å²) in [6.07, 6.45) is 3.18. The normalized spacial score (nSPS) is 13.1. The van der Waals surface area contributed by atoms with Gasteiger partial charge >= 0.3 is 5.69 Å². The molecule has 11 nitrogen and oxygen atoms in total. The maximum atomic E-state index is 13.0. The SMILES string of the molecule is CCCn1c(=O)c2[nH]c(-c3ccc(OCC4=NCN(c5ccc(OC)cc5)C=N4)cc3)nc2n(CCC)c1=O. The maximum absolute atomic E-state index is 13.0. The fraction of sp³-hybridized carbons (Fsp3) is 0.321. The van der Waals surface area contributed by atoms with E-state index >= 15 is 0 Å². The van der Waals surface area contributed by atoms with Crippen LogP contribution in [0.4, 0.5) is 5.69 Å². The Morgan fingerprint density at radius 3 is 2.26 bits per heavy atom. The van der Waals surface area contributed by atoms with Crippen LogP contribution in [0.25, 0.3) is 22.6 Å². The van der Waals surface area contributed by atoms with Crippen molar-refractivity contribution < 1.29 is 9.47 Å². The highest BCUT2D eigenvalue weighted by atomic mass is 16.5. The highest BCUT2D eigenvalue weighted by Gasteiger charge is 2.17. The number of aromatic amines is 1. The van der Waals surface area contributed by atoms with E-state index in [4.69, 9.17) is 9.47 Å². The largest absolute Gasteiger partial charge is 0.497 e. The van der Waals surface area contributed by atoms with Crippen molar-refractivity contribution in [2.75, 3.05) is 25.3 Å². The van der Waals surface area contributed by atoms with Crippen molar-refractivity contribution in [1.82, 2.24) is 19.1 Å². The molecule has 1 aliphatic rings. The van der Waals surface area contributed by atoms with Crippen molar-refractivity contribution in [3.05, 3.63) is 69.4 Å². The number of rotatable bonds is 10. The molecule has 1 N–H and O–H groups in total. The lowest BCUT2D eigenvalue weighted by Gasteiger charge is -2.21. The predicted molar refractivity (Wildman–Crippen MR) is 152 cm³/mol. The van der Waals surface area contributed by atoms with E-state index in [9.17, 15) is 9.59 Å². The third-order valence-electron chi connectivity index (χ3n) is 6.41. The molecule has 0 bridgehead atoms. The number of ether oxygens (including phenoxy) is 2. The van der Waals surface area contributed by atoms with Crippen LogP contribution in [0.2, 0.25) is 0 Å². The molecule has 0 saturated carbocycles. The van der Waals surface area contributed by atoms with Gasteiger partial charge in [0.15, 0.2) is 11.5 Å². The van der Waals surface area contributed by atoms with Gasteiger partial charge in [-0.1, -0.05) is 13.8 Å². The Labute approximate surface area is 225 Å². The number of fused-ring (bicyclic) bond motifs is 1. The number of methoxy groups -OCH3 is 1. The van der Waals surface area contributed by atoms with E-state index in [0.717, 1.165) is 23.4 Å². The van der Waals surface area contributed by atoms with Crippen molar-refractivity contribution >= 4 is 29.0 Å². The third kappa shape index (κ3) is 5.33. The highest BCUT2D eigenvalue weighted by Crippen LogP contribution is 2.22. The maximum Gasteiger partial charge on any atom is 0.332 e. The molecule has 39 heavy (non-hydrogen) atoms. The van der Waals surface area contributed by atoms with Gasteiger partial charge in [-0.2, -0.15) is 0 Å². The van der Waals surface area contributed by atoms with Crippen molar-refractivity contribution in [1.29, 1.82) is 0 Å². The molecule has 0 radical (unpaired) electrons. The second-order valence-corrected chi connectivity index (χ2v) is 9.12. The molecule has 0 aliphatic carbocycles. The number of aliphatic imine (C=N–C) groups is 2. The summed E-state index contributed by atoms with van der Waals surface area (Å²) in [4.78, 5) is 44.5. The van der Waals surface area contributed by atoms with Crippen molar-refractivity contribution in [2.24, 2.45) is 9.98 Å². The molecule has 4 aromatic rings. The molecule has 2 aromatic heterocycles. The molecule has 0 spiro atoms. The summed E-state index contributed by atoms with van der Waals surface area (Å²) < 4.78 is 13.9. The van der Waals surface area contributed by atoms with Crippen LogP contribution in [0.15, 0.2) is 68.1 Å². The third-order valence-corrected chi connectivity index (χ3v) is 6.41. The van der Waals surface area contributed by atoms with E-state index in [1.54, 1.807) is 18.0 Å². The van der Waals surface area contributed by atoms with Gasteiger partial charge in [0, 0.05) is 24.3 Å². The minimum atomic E-state index is -0.345. The number of H-pyrrole nitrogens is 1. The van der Waals surface area contributed by atoms with Crippen LogP contribution in [0.3, 0.4) is 0 Å². The Morgan fingerprint density at radius 1 is 0.923 bits per heavy atom. The summed E-state index contributed by atoms with van der Waals surface area (Å²) in [5.41, 5.74) is 1.80. The zero-order valence-corrected chi connectivity index (χ0v) is 22.3. The van der Waals surface area contributed by atoms with Crippen molar-refractivity contribution in [2.45, 2.75) is 39.8 Å². The van der Waals surface area contributed by atoms with Gasteiger partial charge in [0.25, 0.3) is 5.56 Å². The minimum absolute atomic E-state index is 0.233. The first kappa shape index (κ1) is 26.0. The van der Waals surface area contributed by atoms with Crippen molar-refractivity contribution in [3.8, 4) is 22.9 Å². The fourth-order valence-corrected chi connectivity index (χ4v) is 4.38. The fourth-order valence-electron chi connectivity index (χ4n) is 4.38. The number of anilines is 1. The number of hydrogen-bond acceptors (Lipinski definition) is 8. The van der Waals surface area contributed by atoms with Gasteiger partial charge in [-0.25, -0.2) is 19.8 Å². The van der Waals surface area contributed by atoms with E-state index in [0.29, 0.717) is 54.8 Å². The Hall–Kier alpha value is -4.67. The van der Waals surface area contributed by atoms with Crippen LogP contribution in [0, 0.1) is 0 Å². The Kier molecular flexibility index (Phi) is 7.57. The van der Waals surface area contributed by atoms with Gasteiger partial charge in [0.1, 0.15) is 36.1 Å². The summed E-state index contributed by atoms with van der Waals surface area (Å²) >= 11 is 0. The molecule has 1 aliphatic heterocycles. The number of aryl methyl sites for hydroxylation is 1. The molecular formula is C28H31N7O4. The first-order chi connectivity index (χ1) is 19.0. The van der Waals surface area contributed by atoms with Crippen LogP contribution in [-0.2, 0) is 13.1 Å². The van der Waals surface area contributed by atoms with Gasteiger partial charge in [0.05, 0.1) is 13.4 Å². The number of hydrogen-bond donors (Lipinski definition) is 1. The molecule has 3 heterocycles. The minimum Gasteiger partial charge on any atom is -0.497 e. The van der Waals surface area contributed by atoms with Gasteiger partial charge < -0.3 is 19.4 Å². The first-order valence-corrected chi connectivity index (χ1v) is 13.0. The Morgan fingerprint density at radius 2 is 1.62 bits per heavy atom. The van der Waals surface area contributed by atoms with E-state index in [1.165, 1.54) is 4.57 Å². The van der Waals surface area contributed by atoms with E-state index in [1.807, 2.05) is 67.3 Å². The summed E-state index contributed by atoms with van der Waals surface area (Å²) in [5.74, 6) is 2.56. The smallest absolute Gasteiger partial charge is 0.332 e. The van der Waals surface area contributed by atoms with Crippen LogP contribution < -0.4 is 25.6 Å². The predicted octanol–water partition coefficient (Wildman–Crippen LogP) is 3.67. The average Bonchev–Trinajstić information content (AvgIpc) is 3.43. The molecule has 0 fully saturated rings. The van der Waals surface area contributed by atoms with Crippen LogP contribution in [-0.4, -0.2) is 51.7 Å². The number of aromatic nitrogens is 4. The van der Waals surface area contributed by atoms with E-state index in [2.05, 4.69) is 20.0 Å². The Bertz CT molecular complexity index is 1630. The zero-order valence-electron chi connectivity index (χ0n) is 22.3. The summed E-state index contributed by atoms with van der Waals surface area (Å²) in [5, 5.41) is 0. The number of nitrogens with one attached hydrogen (secondary N) is 1. The Balaban J connectivity index is 1.28. The molecular weight excluding hydrogens is 498 g/mol. The van der Waals surface area contributed by atoms with Crippen LogP contribution in [0.5, 0.6) is 11.5 Å². The van der Waals surface area contributed by atoms with Crippen LogP contribution >= 0.6 is 0 Å². The average molecular weight is 530 g/mol. The number of amidine groups is 1. The quantitative estimate of drug-likeness (QED) is 0.335. The van der Waals surface area contributed by atoms with Gasteiger partial charge in [-0.3, -0.25) is 13.9 Å². The molecule has 0 unspecified atom stereocenters. The standard InChI is InChI=1S/C28H31N7O4/c1-4-14-34-26-24(27(36)35(15-5-2)28(34)37)31-25(32-26)19-6-10-22(11-7-19)39-16-23-29-17-33(18-30-23)20-8-12-21(38-3)13-9-20/h6-13,17H,4-5,14-16,18H2,1-3H3,(H,31,32). The van der Waals surface area contributed by atoms with E-state index < -0.39 is 0 Å². The lowest BCUT2D eigenvalue weighted by atomic mass is 10.2. The topological polar surface area (TPSA) is 119 Å². The molecule has 0 amide bonds. The molecule has 0 atom stereocenters. The summed E-state index contributed by atoms with van der Waals surface area (Å²) in [7, 11) is 1.64. The first-order valence-electron chi connectivity index (χ1n) is 13.0. The summed E-state index contributed by atoms with van der Waals surface area (Å²) in [6, 6.07) is 15.1. The molecule has 0 saturated heterocycles. The molecule has 5 rings (SSSR count). The second-order valence-electron chi connectivity index (χ2n) is 9.12. The number of benzene rings is 2. The number of nitrogens with zero attached hydrogens (tertiary/aromatic N) is 6. The van der Waals surface area contributed by atoms with Gasteiger partial charge in [-0.05, 0) is 61.4 Å². The summed E-state index contributed by atoms with van der Waals surface area (Å²) in [6.45, 7) is 5.46. The lowest BCUT2D eigenvalue weighted by Crippen LogP contribution is -2.40. The molecule has 202 valence electrons. The van der Waals surface area contributed by atoms with E-state index in [-0.39, 0.29) is 17.9 Å². The molecule has 11 heteroatoms. The van der Waals surface area contributed by atoms with Crippen molar-refractivity contribution in [3.63, 3.8) is 0 Å².